The molecule has 1 aromatic heterocycles. The maximum absolute atomic E-state index is 11.8. The Hall–Kier alpha value is -1.84. The second-order valence-electron chi connectivity index (χ2n) is 4.22. The largest absolute Gasteiger partial charge is 0.323 e. The Labute approximate surface area is 94.0 Å². The minimum atomic E-state index is -0.0243. The Kier molecular flexibility index (Phi) is 1.96. The van der Waals surface area contributed by atoms with Gasteiger partial charge in [0, 0.05) is 17.8 Å². The molecule has 1 N–H and O–H groups in total. The molecule has 0 saturated heterocycles. The van der Waals surface area contributed by atoms with E-state index < -0.39 is 0 Å². The molecular weight excluding hydrogens is 202 g/mol. The zero-order valence-electron chi connectivity index (χ0n) is 8.94. The standard InChI is InChI=1S/C12H13N3O/c1-2-8-5-6-13-11-10(8)7-15(9-3-4-9)12(16)14-11/h2,5-6,9H,1,3-4,7H2,(H,13,14,16). The van der Waals surface area contributed by atoms with E-state index in [1.54, 1.807) is 6.20 Å². The molecule has 82 valence electrons. The van der Waals surface area contributed by atoms with E-state index in [0.29, 0.717) is 18.4 Å². The minimum absolute atomic E-state index is 0.0243. The Balaban J connectivity index is 2.01. The molecule has 0 radical (unpaired) electrons. The summed E-state index contributed by atoms with van der Waals surface area (Å²) in [6.07, 6.45) is 5.74. The first-order valence-electron chi connectivity index (χ1n) is 5.47. The smallest absolute Gasteiger partial charge is 0.317 e. The zero-order chi connectivity index (χ0) is 11.1. The van der Waals surface area contributed by atoms with E-state index in [4.69, 9.17) is 0 Å². The van der Waals surface area contributed by atoms with Crippen molar-refractivity contribution in [2.45, 2.75) is 25.4 Å². The van der Waals surface area contributed by atoms with E-state index in [9.17, 15) is 4.79 Å². The number of amides is 2. The number of anilines is 1. The van der Waals surface area contributed by atoms with E-state index >= 15 is 0 Å². The van der Waals surface area contributed by atoms with Gasteiger partial charge in [-0.25, -0.2) is 9.78 Å². The monoisotopic (exact) mass is 215 g/mol. The van der Waals surface area contributed by atoms with Crippen molar-refractivity contribution in [2.75, 3.05) is 5.32 Å². The van der Waals surface area contributed by atoms with E-state index in [1.165, 1.54) is 0 Å². The molecule has 2 heterocycles. The normalized spacial score (nSPS) is 19.0. The number of nitrogens with zero attached hydrogens (tertiary/aromatic N) is 2. The number of hydrogen-bond acceptors (Lipinski definition) is 2. The number of carbonyl (C=O) groups is 1. The number of nitrogens with one attached hydrogen (secondary N) is 1. The summed E-state index contributed by atoms with van der Waals surface area (Å²) in [6, 6.07) is 2.32. The lowest BCUT2D eigenvalue weighted by Crippen LogP contribution is -2.40. The van der Waals surface area contributed by atoms with Crippen molar-refractivity contribution in [3.8, 4) is 0 Å². The van der Waals surface area contributed by atoms with Crippen LogP contribution in [-0.4, -0.2) is 22.0 Å². The molecule has 16 heavy (non-hydrogen) atoms. The summed E-state index contributed by atoms with van der Waals surface area (Å²) in [5.74, 6) is 0.680. The van der Waals surface area contributed by atoms with Crippen LogP contribution in [0.15, 0.2) is 18.8 Å². The van der Waals surface area contributed by atoms with Crippen LogP contribution in [0.4, 0.5) is 10.6 Å². The SMILES string of the molecule is C=Cc1ccnc2c1CN(C1CC1)C(=O)N2. The van der Waals surface area contributed by atoms with Gasteiger partial charge in [0.25, 0.3) is 0 Å². The number of rotatable bonds is 2. The van der Waals surface area contributed by atoms with Gasteiger partial charge in [-0.1, -0.05) is 12.7 Å². The first-order valence-corrected chi connectivity index (χ1v) is 5.47. The van der Waals surface area contributed by atoms with Gasteiger partial charge in [-0.05, 0) is 24.5 Å². The van der Waals surface area contributed by atoms with E-state index in [0.717, 1.165) is 24.0 Å². The highest BCUT2D eigenvalue weighted by atomic mass is 16.2. The van der Waals surface area contributed by atoms with Crippen molar-refractivity contribution in [2.24, 2.45) is 0 Å². The highest BCUT2D eigenvalue weighted by Gasteiger charge is 2.36. The molecule has 0 aromatic carbocycles. The maximum atomic E-state index is 11.8. The fourth-order valence-corrected chi connectivity index (χ4v) is 2.07. The molecule has 1 aliphatic carbocycles. The third-order valence-electron chi connectivity index (χ3n) is 3.11. The molecule has 0 unspecified atom stereocenters. The number of aromatic nitrogens is 1. The predicted molar refractivity (Wildman–Crippen MR) is 61.9 cm³/mol. The average Bonchev–Trinajstić information content (AvgIpc) is 3.11. The number of carbonyl (C=O) groups excluding carboxylic acids is 1. The number of fused-ring (bicyclic) bond motifs is 1. The molecule has 4 nitrogen and oxygen atoms in total. The first-order chi connectivity index (χ1) is 7.79. The molecule has 0 atom stereocenters. The molecule has 1 aliphatic heterocycles. The number of hydrogen-bond donors (Lipinski definition) is 1. The average molecular weight is 215 g/mol. The van der Waals surface area contributed by atoms with Crippen LogP contribution in [0, 0.1) is 0 Å². The van der Waals surface area contributed by atoms with Crippen LogP contribution in [0.2, 0.25) is 0 Å². The molecular formula is C12H13N3O. The van der Waals surface area contributed by atoms with Gasteiger partial charge in [0.2, 0.25) is 0 Å². The lowest BCUT2D eigenvalue weighted by molar-refractivity contribution is 0.203. The Morgan fingerprint density at radius 3 is 3.06 bits per heavy atom. The van der Waals surface area contributed by atoms with Gasteiger partial charge >= 0.3 is 6.03 Å². The third-order valence-corrected chi connectivity index (χ3v) is 3.11. The van der Waals surface area contributed by atoms with Crippen LogP contribution in [0.5, 0.6) is 0 Å². The molecule has 4 heteroatoms. The van der Waals surface area contributed by atoms with Crippen LogP contribution in [0.25, 0.3) is 6.08 Å². The van der Waals surface area contributed by atoms with Gasteiger partial charge in [0.15, 0.2) is 0 Å². The zero-order valence-corrected chi connectivity index (χ0v) is 8.94. The summed E-state index contributed by atoms with van der Waals surface area (Å²) in [7, 11) is 0. The van der Waals surface area contributed by atoms with Gasteiger partial charge in [-0.3, -0.25) is 5.32 Å². The van der Waals surface area contributed by atoms with Gasteiger partial charge in [-0.2, -0.15) is 0 Å². The summed E-state index contributed by atoms with van der Waals surface area (Å²) in [6.45, 7) is 4.44. The summed E-state index contributed by atoms with van der Waals surface area (Å²) < 4.78 is 0. The van der Waals surface area contributed by atoms with Crippen molar-refractivity contribution < 1.29 is 4.79 Å². The minimum Gasteiger partial charge on any atom is -0.317 e. The molecule has 1 aromatic rings. The lowest BCUT2D eigenvalue weighted by atomic mass is 10.1. The van der Waals surface area contributed by atoms with Crippen molar-refractivity contribution in [3.05, 3.63) is 30.0 Å². The Bertz CT molecular complexity index is 465. The number of pyridine rings is 1. The number of urea groups is 1. The third kappa shape index (κ3) is 1.38. The highest BCUT2D eigenvalue weighted by molar-refractivity contribution is 5.92. The molecule has 1 saturated carbocycles. The first kappa shape index (κ1) is 9.39. The van der Waals surface area contributed by atoms with Crippen molar-refractivity contribution >= 4 is 17.9 Å². The Morgan fingerprint density at radius 2 is 2.38 bits per heavy atom. The van der Waals surface area contributed by atoms with E-state index in [2.05, 4.69) is 16.9 Å². The van der Waals surface area contributed by atoms with Gasteiger partial charge in [-0.15, -0.1) is 0 Å². The fraction of sp³-hybridized carbons (Fsp3) is 0.333. The lowest BCUT2D eigenvalue weighted by Gasteiger charge is -2.29. The van der Waals surface area contributed by atoms with Crippen LogP contribution in [0.3, 0.4) is 0 Å². The second kappa shape index (κ2) is 3.33. The van der Waals surface area contributed by atoms with Crippen molar-refractivity contribution in [3.63, 3.8) is 0 Å². The van der Waals surface area contributed by atoms with Crippen LogP contribution < -0.4 is 5.32 Å². The van der Waals surface area contributed by atoms with E-state index in [1.807, 2.05) is 17.0 Å². The van der Waals surface area contributed by atoms with Crippen LogP contribution >= 0.6 is 0 Å². The molecule has 2 aliphatic rings. The fourth-order valence-electron chi connectivity index (χ4n) is 2.07. The maximum Gasteiger partial charge on any atom is 0.323 e. The quantitative estimate of drug-likeness (QED) is 0.822. The molecule has 0 bridgehead atoms. The van der Waals surface area contributed by atoms with Gasteiger partial charge < -0.3 is 4.90 Å². The predicted octanol–water partition coefficient (Wildman–Crippen LogP) is 2.23. The van der Waals surface area contributed by atoms with E-state index in [-0.39, 0.29) is 6.03 Å². The van der Waals surface area contributed by atoms with Crippen molar-refractivity contribution in [1.29, 1.82) is 0 Å². The molecule has 0 spiro atoms. The summed E-state index contributed by atoms with van der Waals surface area (Å²) in [4.78, 5) is 17.9. The second-order valence-corrected chi connectivity index (χ2v) is 4.22. The van der Waals surface area contributed by atoms with Crippen molar-refractivity contribution in [1.82, 2.24) is 9.88 Å². The van der Waals surface area contributed by atoms with Crippen LogP contribution in [0.1, 0.15) is 24.0 Å². The summed E-state index contributed by atoms with van der Waals surface area (Å²) >= 11 is 0. The van der Waals surface area contributed by atoms with Gasteiger partial charge in [0.1, 0.15) is 5.82 Å². The van der Waals surface area contributed by atoms with Gasteiger partial charge in [0.05, 0.1) is 6.54 Å². The Morgan fingerprint density at radius 1 is 1.56 bits per heavy atom. The molecule has 3 rings (SSSR count). The molecule has 1 fully saturated rings. The summed E-state index contributed by atoms with van der Waals surface area (Å²) in [5.41, 5.74) is 2.12. The van der Waals surface area contributed by atoms with Crippen LogP contribution in [-0.2, 0) is 6.54 Å². The summed E-state index contributed by atoms with van der Waals surface area (Å²) in [5, 5.41) is 2.83. The topological polar surface area (TPSA) is 45.2 Å². The molecule has 2 amide bonds. The highest BCUT2D eigenvalue weighted by Crippen LogP contribution is 2.33.